The third kappa shape index (κ3) is 2.04. The molecule has 0 aliphatic heterocycles. The first-order valence-electron chi connectivity index (χ1n) is 5.83. The minimum atomic E-state index is -0.512. The molecule has 3 rings (SSSR count). The number of hydrogen-bond donors (Lipinski definition) is 1. The smallest absolute Gasteiger partial charge is 0.196 e. The molecule has 2 aromatic carbocycles. The molecule has 0 unspecified atom stereocenters. The molecule has 1 heterocycles. The fourth-order valence-electron chi connectivity index (χ4n) is 2.10. The van der Waals surface area contributed by atoms with Gasteiger partial charge >= 0.3 is 0 Å². The molecule has 0 atom stereocenters. The summed E-state index contributed by atoms with van der Waals surface area (Å²) in [5.41, 5.74) is 1.17. The molecule has 100 valence electrons. The summed E-state index contributed by atoms with van der Waals surface area (Å²) in [5, 5.41) is 0.478. The van der Waals surface area contributed by atoms with E-state index in [0.717, 1.165) is 0 Å². The third-order valence-corrected chi connectivity index (χ3v) is 3.89. The van der Waals surface area contributed by atoms with Crippen molar-refractivity contribution < 1.29 is 13.6 Å². The van der Waals surface area contributed by atoms with Gasteiger partial charge in [0.1, 0.15) is 11.6 Å². The Morgan fingerprint density at radius 2 is 1.90 bits per heavy atom. The molecular weight excluding hydrogens is 328 g/mol. The van der Waals surface area contributed by atoms with Crippen molar-refractivity contribution in [1.82, 2.24) is 4.98 Å². The summed E-state index contributed by atoms with van der Waals surface area (Å²) in [6.07, 6.45) is 1.50. The molecule has 0 bridgehead atoms. The van der Waals surface area contributed by atoms with E-state index in [1.165, 1.54) is 36.5 Å². The molecule has 0 aliphatic carbocycles. The van der Waals surface area contributed by atoms with Gasteiger partial charge in [0.25, 0.3) is 0 Å². The van der Waals surface area contributed by atoms with Crippen LogP contribution >= 0.6 is 15.9 Å². The second kappa shape index (κ2) is 4.83. The summed E-state index contributed by atoms with van der Waals surface area (Å²) in [7, 11) is 0. The number of benzene rings is 2. The summed E-state index contributed by atoms with van der Waals surface area (Å²) in [4.78, 5) is 15.4. The largest absolute Gasteiger partial charge is 0.360 e. The lowest BCUT2D eigenvalue weighted by molar-refractivity contribution is 0.103. The Morgan fingerprint density at radius 1 is 1.10 bits per heavy atom. The van der Waals surface area contributed by atoms with Crippen LogP contribution in [0.15, 0.2) is 47.1 Å². The van der Waals surface area contributed by atoms with Crippen LogP contribution in [-0.4, -0.2) is 10.8 Å². The highest BCUT2D eigenvalue weighted by molar-refractivity contribution is 9.10. The molecule has 0 spiro atoms. The van der Waals surface area contributed by atoms with Gasteiger partial charge < -0.3 is 4.98 Å². The van der Waals surface area contributed by atoms with Gasteiger partial charge in [-0.25, -0.2) is 8.78 Å². The van der Waals surface area contributed by atoms with Crippen molar-refractivity contribution in [2.45, 2.75) is 0 Å². The van der Waals surface area contributed by atoms with Crippen molar-refractivity contribution in [2.75, 3.05) is 0 Å². The molecule has 0 aliphatic rings. The highest BCUT2D eigenvalue weighted by Crippen LogP contribution is 2.27. The maximum atomic E-state index is 13.5. The van der Waals surface area contributed by atoms with E-state index in [-0.39, 0.29) is 15.8 Å². The van der Waals surface area contributed by atoms with Crippen LogP contribution < -0.4 is 0 Å². The SMILES string of the molecule is O=C(c1cccc(F)c1Br)c1c[nH]c2ccc(F)cc12. The standard InChI is InChI=1S/C15H8BrF2NO/c16-14-9(2-1-3-12(14)18)15(20)11-7-19-13-5-4-8(17)6-10(11)13/h1-7,19H. The molecule has 1 aromatic heterocycles. The lowest BCUT2D eigenvalue weighted by Gasteiger charge is -2.03. The Labute approximate surface area is 121 Å². The summed E-state index contributed by atoms with van der Waals surface area (Å²) in [6, 6.07) is 8.39. The van der Waals surface area contributed by atoms with Crippen LogP contribution in [0, 0.1) is 11.6 Å². The number of halogens is 3. The molecule has 0 saturated heterocycles. The van der Waals surface area contributed by atoms with Crippen molar-refractivity contribution in [3.63, 3.8) is 0 Å². The Bertz CT molecular complexity index is 826. The van der Waals surface area contributed by atoms with E-state index < -0.39 is 11.6 Å². The summed E-state index contributed by atoms with van der Waals surface area (Å²) in [6.45, 7) is 0. The number of carbonyl (C=O) groups excluding carboxylic acids is 1. The number of carbonyl (C=O) groups is 1. The number of aromatic nitrogens is 1. The average molecular weight is 336 g/mol. The number of ketones is 1. The molecule has 0 saturated carbocycles. The summed E-state index contributed by atoms with van der Waals surface area (Å²) in [5.74, 6) is -1.31. The van der Waals surface area contributed by atoms with Crippen LogP contribution in [0.25, 0.3) is 10.9 Å². The monoisotopic (exact) mass is 335 g/mol. The average Bonchev–Trinajstić information content (AvgIpc) is 2.84. The minimum absolute atomic E-state index is 0.107. The molecule has 20 heavy (non-hydrogen) atoms. The quantitative estimate of drug-likeness (QED) is 0.690. The molecular formula is C15H8BrF2NO. The van der Waals surface area contributed by atoms with E-state index in [1.54, 1.807) is 6.07 Å². The second-order valence-corrected chi connectivity index (χ2v) is 5.12. The number of H-pyrrole nitrogens is 1. The van der Waals surface area contributed by atoms with Gasteiger partial charge in [0.2, 0.25) is 0 Å². The predicted octanol–water partition coefficient (Wildman–Crippen LogP) is 4.44. The van der Waals surface area contributed by atoms with Gasteiger partial charge in [-0.3, -0.25) is 4.79 Å². The van der Waals surface area contributed by atoms with E-state index >= 15 is 0 Å². The Hall–Kier alpha value is -2.01. The first kappa shape index (κ1) is 13.0. The lowest BCUT2D eigenvalue weighted by Crippen LogP contribution is -2.02. The van der Waals surface area contributed by atoms with Crippen molar-refractivity contribution in [3.05, 3.63) is 69.8 Å². The van der Waals surface area contributed by atoms with E-state index in [2.05, 4.69) is 20.9 Å². The van der Waals surface area contributed by atoms with Crippen molar-refractivity contribution in [1.29, 1.82) is 0 Å². The first-order valence-corrected chi connectivity index (χ1v) is 6.62. The van der Waals surface area contributed by atoms with Crippen LogP contribution in [0.4, 0.5) is 8.78 Å². The van der Waals surface area contributed by atoms with E-state index in [0.29, 0.717) is 16.5 Å². The van der Waals surface area contributed by atoms with Crippen LogP contribution in [0.2, 0.25) is 0 Å². The molecule has 0 amide bonds. The molecule has 0 fully saturated rings. The fraction of sp³-hybridized carbons (Fsp3) is 0. The van der Waals surface area contributed by atoms with Gasteiger partial charge in [0.15, 0.2) is 5.78 Å². The van der Waals surface area contributed by atoms with Gasteiger partial charge in [0.05, 0.1) is 4.47 Å². The van der Waals surface area contributed by atoms with Crippen molar-refractivity contribution in [3.8, 4) is 0 Å². The number of hydrogen-bond acceptors (Lipinski definition) is 1. The van der Waals surface area contributed by atoms with E-state index in [9.17, 15) is 13.6 Å². The van der Waals surface area contributed by atoms with Crippen LogP contribution in [0.1, 0.15) is 15.9 Å². The zero-order valence-electron chi connectivity index (χ0n) is 10.1. The molecule has 1 N–H and O–H groups in total. The maximum Gasteiger partial charge on any atom is 0.196 e. The van der Waals surface area contributed by atoms with Gasteiger partial charge in [-0.2, -0.15) is 0 Å². The number of fused-ring (bicyclic) bond motifs is 1. The second-order valence-electron chi connectivity index (χ2n) is 4.32. The van der Waals surface area contributed by atoms with E-state index in [1.807, 2.05) is 0 Å². The Balaban J connectivity index is 2.18. The fourth-order valence-corrected chi connectivity index (χ4v) is 2.55. The Kier molecular flexibility index (Phi) is 3.14. The van der Waals surface area contributed by atoms with Gasteiger partial charge in [-0.1, -0.05) is 6.07 Å². The molecule has 3 aromatic rings. The molecule has 0 radical (unpaired) electrons. The van der Waals surface area contributed by atoms with Crippen molar-refractivity contribution in [2.24, 2.45) is 0 Å². The lowest BCUT2D eigenvalue weighted by atomic mass is 10.0. The molecule has 5 heteroatoms. The van der Waals surface area contributed by atoms with Gasteiger partial charge in [-0.05, 0) is 46.3 Å². The summed E-state index contributed by atoms with van der Waals surface area (Å²) < 4.78 is 26.9. The predicted molar refractivity (Wildman–Crippen MR) is 75.8 cm³/mol. The zero-order chi connectivity index (χ0) is 14.3. The normalized spacial score (nSPS) is 10.9. The van der Waals surface area contributed by atoms with E-state index in [4.69, 9.17) is 0 Å². The third-order valence-electron chi connectivity index (χ3n) is 3.08. The van der Waals surface area contributed by atoms with Gasteiger partial charge in [-0.15, -0.1) is 0 Å². The zero-order valence-corrected chi connectivity index (χ0v) is 11.7. The summed E-state index contributed by atoms with van der Waals surface area (Å²) >= 11 is 3.06. The highest BCUT2D eigenvalue weighted by atomic mass is 79.9. The van der Waals surface area contributed by atoms with Gasteiger partial charge in [0, 0.05) is 28.2 Å². The first-order chi connectivity index (χ1) is 9.58. The number of rotatable bonds is 2. The minimum Gasteiger partial charge on any atom is -0.360 e. The number of nitrogens with one attached hydrogen (secondary N) is 1. The Morgan fingerprint density at radius 3 is 2.70 bits per heavy atom. The molecule has 2 nitrogen and oxygen atoms in total. The maximum absolute atomic E-state index is 13.5. The van der Waals surface area contributed by atoms with Crippen LogP contribution in [0.3, 0.4) is 0 Å². The number of aromatic amines is 1. The van der Waals surface area contributed by atoms with Crippen molar-refractivity contribution >= 4 is 32.6 Å². The van der Waals surface area contributed by atoms with Crippen LogP contribution in [-0.2, 0) is 0 Å². The van der Waals surface area contributed by atoms with Crippen LogP contribution in [0.5, 0.6) is 0 Å². The highest BCUT2D eigenvalue weighted by Gasteiger charge is 2.18. The topological polar surface area (TPSA) is 32.9 Å².